The molecule has 1 atom stereocenters. The van der Waals surface area contributed by atoms with E-state index >= 15 is 0 Å². The fourth-order valence-electron chi connectivity index (χ4n) is 1.99. The van der Waals surface area contributed by atoms with Gasteiger partial charge in [0.05, 0.1) is 0 Å². The molecule has 0 aromatic heterocycles. The predicted molar refractivity (Wildman–Crippen MR) is 92.8 cm³/mol. The predicted octanol–water partition coefficient (Wildman–Crippen LogP) is 4.00. The summed E-state index contributed by atoms with van der Waals surface area (Å²) >= 11 is 0. The smallest absolute Gasteiger partial charge is 0.213 e. The van der Waals surface area contributed by atoms with Crippen LogP contribution in [0.3, 0.4) is 0 Å². The molecule has 0 radical (unpaired) electrons. The first kappa shape index (κ1) is 18.6. The van der Waals surface area contributed by atoms with Gasteiger partial charge < -0.3 is 9.84 Å². The number of aliphatic hydroxyl groups is 1. The SMILES string of the molecule is C=C/C(=C\C=C/C)C(=N)OC(CCO)c1ccc(C(C)=O)cc1. The summed E-state index contributed by atoms with van der Waals surface area (Å²) in [6, 6.07) is 7.01. The van der Waals surface area contributed by atoms with Gasteiger partial charge in [-0.05, 0) is 25.5 Å². The van der Waals surface area contributed by atoms with Crippen molar-refractivity contribution in [3.05, 3.63) is 71.8 Å². The van der Waals surface area contributed by atoms with E-state index in [2.05, 4.69) is 6.58 Å². The average Bonchev–Trinajstić information content (AvgIpc) is 2.55. The van der Waals surface area contributed by atoms with E-state index in [1.165, 1.54) is 6.92 Å². The Hall–Kier alpha value is -2.46. The monoisotopic (exact) mass is 313 g/mol. The first-order valence-electron chi connectivity index (χ1n) is 7.46. The zero-order chi connectivity index (χ0) is 17.2. The van der Waals surface area contributed by atoms with Gasteiger partial charge in [-0.1, -0.05) is 49.1 Å². The van der Waals surface area contributed by atoms with Crippen LogP contribution in [-0.4, -0.2) is 23.4 Å². The van der Waals surface area contributed by atoms with Gasteiger partial charge in [0, 0.05) is 24.2 Å². The Morgan fingerprint density at radius 3 is 2.52 bits per heavy atom. The van der Waals surface area contributed by atoms with E-state index in [0.29, 0.717) is 17.6 Å². The number of benzene rings is 1. The lowest BCUT2D eigenvalue weighted by molar-refractivity contribution is 0.101. The lowest BCUT2D eigenvalue weighted by atomic mass is 10.0. The number of Topliss-reactive ketones (excluding diaryl/α,β-unsaturated/α-hetero) is 1. The second-order valence-corrected chi connectivity index (χ2v) is 4.98. The quantitative estimate of drug-likeness (QED) is 0.330. The highest BCUT2D eigenvalue weighted by Gasteiger charge is 2.16. The number of carbonyl (C=O) groups is 1. The van der Waals surface area contributed by atoms with Crippen LogP contribution in [-0.2, 0) is 4.74 Å². The molecule has 4 nitrogen and oxygen atoms in total. The Labute approximate surface area is 137 Å². The van der Waals surface area contributed by atoms with Gasteiger partial charge >= 0.3 is 0 Å². The number of aliphatic hydroxyl groups excluding tert-OH is 1. The third-order valence-corrected chi connectivity index (χ3v) is 3.29. The third kappa shape index (κ3) is 5.68. The van der Waals surface area contributed by atoms with Gasteiger partial charge in [-0.25, -0.2) is 0 Å². The van der Waals surface area contributed by atoms with Crippen LogP contribution in [0.25, 0.3) is 0 Å². The van der Waals surface area contributed by atoms with Gasteiger partial charge in [0.25, 0.3) is 0 Å². The standard InChI is InChI=1S/C19H23NO3/c1-4-6-7-15(5-2)19(20)23-18(12-13-21)17-10-8-16(9-11-17)14(3)22/h4-11,18,20-21H,2,12-13H2,1,3H3/b6-4-,15-7+,20-19?. The van der Waals surface area contributed by atoms with E-state index in [1.807, 2.05) is 13.0 Å². The second kappa shape index (κ2) is 9.54. The number of hydrogen-bond acceptors (Lipinski definition) is 4. The van der Waals surface area contributed by atoms with E-state index in [-0.39, 0.29) is 18.3 Å². The molecular formula is C19H23NO3. The van der Waals surface area contributed by atoms with Crippen LogP contribution in [0.15, 0.2) is 60.7 Å². The van der Waals surface area contributed by atoms with Gasteiger partial charge in [-0.15, -0.1) is 0 Å². The van der Waals surface area contributed by atoms with Crippen LogP contribution in [0, 0.1) is 5.41 Å². The van der Waals surface area contributed by atoms with Crippen LogP contribution >= 0.6 is 0 Å². The second-order valence-electron chi connectivity index (χ2n) is 4.98. The fourth-order valence-corrected chi connectivity index (χ4v) is 1.99. The van der Waals surface area contributed by atoms with Crippen LogP contribution in [0.4, 0.5) is 0 Å². The van der Waals surface area contributed by atoms with Crippen LogP contribution in [0.2, 0.25) is 0 Å². The van der Waals surface area contributed by atoms with E-state index in [9.17, 15) is 9.90 Å². The highest BCUT2D eigenvalue weighted by Crippen LogP contribution is 2.23. The van der Waals surface area contributed by atoms with Crippen molar-refractivity contribution in [1.29, 1.82) is 5.41 Å². The van der Waals surface area contributed by atoms with Gasteiger partial charge in [-0.2, -0.15) is 0 Å². The molecule has 1 rings (SSSR count). The number of ether oxygens (including phenoxy) is 1. The summed E-state index contributed by atoms with van der Waals surface area (Å²) in [6.45, 7) is 7.01. The molecule has 1 unspecified atom stereocenters. The van der Waals surface area contributed by atoms with Gasteiger partial charge in [0.2, 0.25) is 5.90 Å². The van der Waals surface area contributed by atoms with Crippen LogP contribution < -0.4 is 0 Å². The average molecular weight is 313 g/mol. The molecule has 0 bridgehead atoms. The van der Waals surface area contributed by atoms with Crippen LogP contribution in [0.1, 0.15) is 42.3 Å². The molecule has 0 spiro atoms. The molecule has 0 aliphatic carbocycles. The van der Waals surface area contributed by atoms with E-state index in [1.54, 1.807) is 42.5 Å². The summed E-state index contributed by atoms with van der Waals surface area (Å²) in [5.74, 6) is -0.0145. The minimum Gasteiger partial charge on any atom is -0.469 e. The zero-order valence-corrected chi connectivity index (χ0v) is 13.6. The maximum atomic E-state index is 11.3. The minimum atomic E-state index is -0.456. The van der Waals surface area contributed by atoms with E-state index in [0.717, 1.165) is 5.56 Å². The van der Waals surface area contributed by atoms with Gasteiger partial charge in [0.1, 0.15) is 6.10 Å². The lowest BCUT2D eigenvalue weighted by Gasteiger charge is -2.19. The number of carbonyl (C=O) groups excluding carboxylic acids is 1. The molecule has 23 heavy (non-hydrogen) atoms. The van der Waals surface area contributed by atoms with Crippen molar-refractivity contribution in [2.75, 3.05) is 6.61 Å². The first-order chi connectivity index (χ1) is 11.0. The normalized spacial score (nSPS) is 12.9. The Balaban J connectivity index is 2.95. The molecule has 0 saturated heterocycles. The summed E-state index contributed by atoms with van der Waals surface area (Å²) in [7, 11) is 0. The van der Waals surface area contributed by atoms with Crippen molar-refractivity contribution in [1.82, 2.24) is 0 Å². The van der Waals surface area contributed by atoms with E-state index in [4.69, 9.17) is 10.1 Å². The summed E-state index contributed by atoms with van der Waals surface area (Å²) < 4.78 is 5.69. The molecule has 122 valence electrons. The Morgan fingerprint density at radius 2 is 2.04 bits per heavy atom. The molecule has 0 saturated carbocycles. The molecule has 1 aromatic rings. The topological polar surface area (TPSA) is 70.4 Å². The fraction of sp³-hybridized carbons (Fsp3) is 0.263. The van der Waals surface area contributed by atoms with Crippen LogP contribution in [0.5, 0.6) is 0 Å². The largest absolute Gasteiger partial charge is 0.469 e. The molecule has 1 aromatic carbocycles. The van der Waals surface area contributed by atoms with Crippen molar-refractivity contribution < 1.29 is 14.6 Å². The molecule has 0 aliphatic heterocycles. The summed E-state index contributed by atoms with van der Waals surface area (Å²) in [5.41, 5.74) is 1.99. The molecule has 2 N–H and O–H groups in total. The van der Waals surface area contributed by atoms with Crippen molar-refractivity contribution in [3.8, 4) is 0 Å². The number of nitrogens with one attached hydrogen (secondary N) is 1. The van der Waals surface area contributed by atoms with Gasteiger partial charge in [-0.3, -0.25) is 10.2 Å². The maximum Gasteiger partial charge on any atom is 0.213 e. The minimum absolute atomic E-state index is 0.00723. The Kier molecular flexibility index (Phi) is 7.71. The summed E-state index contributed by atoms with van der Waals surface area (Å²) in [4.78, 5) is 11.3. The Bertz CT molecular complexity index is 612. The van der Waals surface area contributed by atoms with E-state index < -0.39 is 6.10 Å². The molecule has 0 amide bonds. The lowest BCUT2D eigenvalue weighted by Crippen LogP contribution is -2.13. The third-order valence-electron chi connectivity index (χ3n) is 3.29. The maximum absolute atomic E-state index is 11.3. The van der Waals surface area contributed by atoms with Crippen molar-refractivity contribution in [3.63, 3.8) is 0 Å². The molecule has 0 fully saturated rings. The molecule has 0 heterocycles. The van der Waals surface area contributed by atoms with Crippen molar-refractivity contribution in [2.24, 2.45) is 0 Å². The Morgan fingerprint density at radius 1 is 1.39 bits per heavy atom. The molecular weight excluding hydrogens is 290 g/mol. The first-order valence-corrected chi connectivity index (χ1v) is 7.46. The summed E-state index contributed by atoms with van der Waals surface area (Å²) in [6.07, 6.45) is 6.85. The number of allylic oxidation sites excluding steroid dienone is 3. The van der Waals surface area contributed by atoms with Gasteiger partial charge in [0.15, 0.2) is 5.78 Å². The summed E-state index contributed by atoms with van der Waals surface area (Å²) in [5, 5.41) is 17.3. The molecule has 4 heteroatoms. The number of ketones is 1. The van der Waals surface area contributed by atoms with Crippen molar-refractivity contribution >= 4 is 11.7 Å². The van der Waals surface area contributed by atoms with Crippen molar-refractivity contribution in [2.45, 2.75) is 26.4 Å². The zero-order valence-electron chi connectivity index (χ0n) is 13.6. The molecule has 0 aliphatic rings. The number of rotatable bonds is 8. The highest BCUT2D eigenvalue weighted by atomic mass is 16.5. The number of hydrogen-bond donors (Lipinski definition) is 2. The highest BCUT2D eigenvalue weighted by molar-refractivity contribution is 5.94.